The molecule has 4 aromatic rings. The second-order valence-electron chi connectivity index (χ2n) is 8.60. The number of benzene rings is 2. The van der Waals surface area contributed by atoms with Crippen LogP contribution in [-0.4, -0.2) is 48.1 Å². The van der Waals surface area contributed by atoms with Gasteiger partial charge in [0.25, 0.3) is 0 Å². The molecule has 13 heteroatoms. The van der Waals surface area contributed by atoms with Crippen LogP contribution in [0.5, 0.6) is 11.5 Å². The third-order valence-electron chi connectivity index (χ3n) is 5.54. The largest absolute Gasteiger partial charge is 0.456 e. The zero-order valence-corrected chi connectivity index (χ0v) is 21.9. The highest BCUT2D eigenvalue weighted by atomic mass is 35.5. The van der Waals surface area contributed by atoms with Gasteiger partial charge in [0.1, 0.15) is 33.2 Å². The van der Waals surface area contributed by atoms with Crippen LogP contribution >= 0.6 is 11.6 Å². The van der Waals surface area contributed by atoms with Crippen molar-refractivity contribution in [1.82, 2.24) is 19.9 Å². The molecule has 2 aromatic heterocycles. The highest BCUT2D eigenvalue weighted by Crippen LogP contribution is 2.36. The van der Waals surface area contributed by atoms with Crippen molar-refractivity contribution in [3.63, 3.8) is 0 Å². The Hall–Kier alpha value is -3.35. The van der Waals surface area contributed by atoms with E-state index in [0.29, 0.717) is 31.1 Å². The van der Waals surface area contributed by atoms with E-state index >= 15 is 0 Å². The fourth-order valence-corrected chi connectivity index (χ4v) is 4.46. The monoisotopic (exact) mass is 567 g/mol. The van der Waals surface area contributed by atoms with Crippen molar-refractivity contribution in [3.05, 3.63) is 71.6 Å². The number of hydrogen-bond acceptors (Lipinski definition) is 7. The molecule has 38 heavy (non-hydrogen) atoms. The number of rotatable bonds is 11. The van der Waals surface area contributed by atoms with Crippen molar-refractivity contribution in [1.29, 1.82) is 0 Å². The molecule has 4 rings (SSSR count). The molecule has 0 spiro atoms. The van der Waals surface area contributed by atoms with E-state index in [0.717, 1.165) is 29.6 Å². The molecule has 2 aromatic carbocycles. The van der Waals surface area contributed by atoms with E-state index in [1.807, 2.05) is 16.8 Å². The van der Waals surface area contributed by atoms with Crippen LogP contribution in [0.3, 0.4) is 0 Å². The molecule has 202 valence electrons. The Kier molecular flexibility index (Phi) is 8.44. The summed E-state index contributed by atoms with van der Waals surface area (Å²) in [5.41, 5.74) is 1.30. The van der Waals surface area contributed by atoms with E-state index in [-0.39, 0.29) is 22.3 Å². The van der Waals surface area contributed by atoms with Gasteiger partial charge in [0.15, 0.2) is 5.82 Å². The topological polar surface area (TPSA) is 98.1 Å². The first kappa shape index (κ1) is 27.7. The Balaban J connectivity index is 1.44. The summed E-state index contributed by atoms with van der Waals surface area (Å²) in [6.07, 6.45) is 0.829. The number of nitrogens with one attached hydrogen (secondary N) is 2. The van der Waals surface area contributed by atoms with Crippen molar-refractivity contribution in [2.75, 3.05) is 30.4 Å². The zero-order chi connectivity index (χ0) is 27.3. The fourth-order valence-electron chi connectivity index (χ4n) is 3.73. The molecule has 2 heterocycles. The van der Waals surface area contributed by atoms with Crippen molar-refractivity contribution in [2.45, 2.75) is 19.1 Å². The van der Waals surface area contributed by atoms with Crippen LogP contribution in [0.2, 0.25) is 5.02 Å². The van der Waals surface area contributed by atoms with Crippen LogP contribution in [0.1, 0.15) is 12.0 Å². The Morgan fingerprint density at radius 2 is 1.89 bits per heavy atom. The van der Waals surface area contributed by atoms with Crippen LogP contribution in [0, 0.1) is 0 Å². The summed E-state index contributed by atoms with van der Waals surface area (Å²) in [6.45, 7) is 1.70. The maximum atomic E-state index is 13.0. The molecule has 0 aliphatic heterocycles. The van der Waals surface area contributed by atoms with Crippen LogP contribution in [0.15, 0.2) is 61.1 Å². The van der Waals surface area contributed by atoms with Crippen LogP contribution in [0.25, 0.3) is 11.0 Å². The third kappa shape index (κ3) is 7.36. The minimum Gasteiger partial charge on any atom is -0.456 e. The molecule has 0 atom stereocenters. The van der Waals surface area contributed by atoms with Gasteiger partial charge in [-0.2, -0.15) is 13.2 Å². The van der Waals surface area contributed by atoms with Gasteiger partial charge >= 0.3 is 6.18 Å². The number of hydrogen-bond donors (Lipinski definition) is 2. The van der Waals surface area contributed by atoms with Gasteiger partial charge in [-0.1, -0.05) is 17.7 Å². The van der Waals surface area contributed by atoms with Gasteiger partial charge in [0, 0.05) is 31.2 Å². The van der Waals surface area contributed by atoms with E-state index in [9.17, 15) is 21.6 Å². The molecule has 0 aliphatic rings. The molecule has 0 amide bonds. The Bertz CT molecular complexity index is 1530. The number of alkyl halides is 3. The summed E-state index contributed by atoms with van der Waals surface area (Å²) >= 11 is 6.37. The minimum absolute atomic E-state index is 0.0172. The lowest BCUT2D eigenvalue weighted by Crippen LogP contribution is -2.24. The minimum atomic E-state index is -4.48. The van der Waals surface area contributed by atoms with Crippen LogP contribution in [-0.2, 0) is 22.6 Å². The molecule has 0 aliphatic carbocycles. The second kappa shape index (κ2) is 11.6. The standard InChI is InChI=1S/C25H25ClF3N5O3S/c1-38(35,36)13-10-30-9-3-11-34-12-8-21-23(34)24(32-16-31-21)33-18-6-7-22(20(26)15-18)37-19-5-2-4-17(14-19)25(27,28)29/h2,4-8,12,14-16,30H,3,9-11,13H2,1H3,(H,31,32,33). The van der Waals surface area contributed by atoms with Gasteiger partial charge in [0.05, 0.1) is 21.9 Å². The van der Waals surface area contributed by atoms with Gasteiger partial charge < -0.3 is 19.9 Å². The second-order valence-corrected chi connectivity index (χ2v) is 11.3. The molecular weight excluding hydrogens is 543 g/mol. The SMILES string of the molecule is CS(=O)(=O)CCNCCCn1ccc2ncnc(Nc3ccc(Oc4cccc(C(F)(F)F)c4)c(Cl)c3)c21. The molecule has 0 radical (unpaired) electrons. The first-order valence-electron chi connectivity index (χ1n) is 11.6. The molecule has 0 bridgehead atoms. The molecule has 0 unspecified atom stereocenters. The summed E-state index contributed by atoms with van der Waals surface area (Å²) in [5.74, 6) is 0.862. The average molecular weight is 568 g/mol. The summed E-state index contributed by atoms with van der Waals surface area (Å²) < 4.78 is 69.0. The highest BCUT2D eigenvalue weighted by Gasteiger charge is 2.30. The number of fused-ring (bicyclic) bond motifs is 1. The lowest BCUT2D eigenvalue weighted by Gasteiger charge is -2.13. The molecular formula is C25H25ClF3N5O3S. The predicted octanol–water partition coefficient (Wildman–Crippen LogP) is 5.66. The van der Waals surface area contributed by atoms with Crippen LogP contribution in [0.4, 0.5) is 24.7 Å². The number of aryl methyl sites for hydroxylation is 1. The van der Waals surface area contributed by atoms with Crippen molar-refractivity contribution in [3.8, 4) is 11.5 Å². The van der Waals surface area contributed by atoms with Gasteiger partial charge in [-0.15, -0.1) is 0 Å². The smallest absolute Gasteiger partial charge is 0.416 e. The van der Waals surface area contributed by atoms with Gasteiger partial charge in [0.2, 0.25) is 0 Å². The first-order valence-corrected chi connectivity index (χ1v) is 14.0. The van der Waals surface area contributed by atoms with Crippen molar-refractivity contribution < 1.29 is 26.3 Å². The van der Waals surface area contributed by atoms with Crippen molar-refractivity contribution in [2.24, 2.45) is 0 Å². The average Bonchev–Trinajstić information content (AvgIpc) is 3.26. The maximum absolute atomic E-state index is 13.0. The normalized spacial score (nSPS) is 12.1. The number of nitrogens with zero attached hydrogens (tertiary/aromatic N) is 3. The Morgan fingerprint density at radius 3 is 2.63 bits per heavy atom. The number of halogens is 4. The predicted molar refractivity (Wildman–Crippen MR) is 141 cm³/mol. The quantitative estimate of drug-likeness (QED) is 0.226. The zero-order valence-electron chi connectivity index (χ0n) is 20.3. The lowest BCUT2D eigenvalue weighted by atomic mass is 10.2. The maximum Gasteiger partial charge on any atom is 0.416 e. The molecule has 0 fully saturated rings. The summed E-state index contributed by atoms with van der Waals surface area (Å²) in [6, 6.07) is 11.3. The fraction of sp³-hybridized carbons (Fsp3) is 0.280. The number of anilines is 2. The molecule has 2 N–H and O–H groups in total. The number of aromatic nitrogens is 3. The van der Waals surface area contributed by atoms with E-state index in [1.54, 1.807) is 18.2 Å². The van der Waals surface area contributed by atoms with Crippen LogP contribution < -0.4 is 15.4 Å². The van der Waals surface area contributed by atoms with E-state index < -0.39 is 21.6 Å². The molecule has 0 saturated carbocycles. The summed E-state index contributed by atoms with van der Waals surface area (Å²) in [5, 5.41) is 6.55. The summed E-state index contributed by atoms with van der Waals surface area (Å²) in [4.78, 5) is 8.68. The van der Waals surface area contributed by atoms with Gasteiger partial charge in [-0.3, -0.25) is 0 Å². The third-order valence-corrected chi connectivity index (χ3v) is 6.78. The first-order chi connectivity index (χ1) is 18.0. The Morgan fingerprint density at radius 1 is 1.08 bits per heavy atom. The molecule has 0 saturated heterocycles. The number of ether oxygens (including phenoxy) is 1. The highest BCUT2D eigenvalue weighted by molar-refractivity contribution is 7.90. The van der Waals surface area contributed by atoms with Gasteiger partial charge in [-0.25, -0.2) is 18.4 Å². The van der Waals surface area contributed by atoms with E-state index in [1.165, 1.54) is 24.7 Å². The Labute approximate surface area is 222 Å². The van der Waals surface area contributed by atoms with Crippen molar-refractivity contribution >= 4 is 44.0 Å². The van der Waals surface area contributed by atoms with E-state index in [2.05, 4.69) is 20.6 Å². The van der Waals surface area contributed by atoms with Gasteiger partial charge in [-0.05, 0) is 55.4 Å². The number of sulfone groups is 1. The molecule has 8 nitrogen and oxygen atoms in total. The summed E-state index contributed by atoms with van der Waals surface area (Å²) in [7, 11) is -3.00. The van der Waals surface area contributed by atoms with E-state index in [4.69, 9.17) is 16.3 Å². The lowest BCUT2D eigenvalue weighted by molar-refractivity contribution is -0.137.